The van der Waals surface area contributed by atoms with E-state index in [0.717, 1.165) is 11.8 Å². The molecule has 0 unspecified atom stereocenters. The SMILES string of the molecule is CNC[C@H]1CC[C@@H]1CNC. The molecule has 1 fully saturated rings. The Hall–Kier alpha value is -0.0800. The second-order valence-electron chi connectivity index (χ2n) is 3.21. The molecular formula is C8H18N2. The highest BCUT2D eigenvalue weighted by molar-refractivity contribution is 4.82. The first-order chi connectivity index (χ1) is 4.88. The molecule has 1 rings (SSSR count). The van der Waals surface area contributed by atoms with Gasteiger partial charge in [-0.15, -0.1) is 0 Å². The van der Waals surface area contributed by atoms with E-state index in [1.54, 1.807) is 0 Å². The largest absolute Gasteiger partial charge is 0.319 e. The van der Waals surface area contributed by atoms with E-state index in [9.17, 15) is 0 Å². The quantitative estimate of drug-likeness (QED) is 0.595. The summed E-state index contributed by atoms with van der Waals surface area (Å²) in [6.45, 7) is 2.40. The molecule has 0 radical (unpaired) electrons. The highest BCUT2D eigenvalue weighted by Gasteiger charge is 2.28. The second-order valence-corrected chi connectivity index (χ2v) is 3.21. The third-order valence-corrected chi connectivity index (χ3v) is 2.51. The maximum absolute atomic E-state index is 3.23. The normalized spacial score (nSPS) is 31.8. The van der Waals surface area contributed by atoms with Crippen LogP contribution in [0.2, 0.25) is 0 Å². The van der Waals surface area contributed by atoms with Gasteiger partial charge in [-0.2, -0.15) is 0 Å². The zero-order valence-corrected chi connectivity index (χ0v) is 6.98. The second kappa shape index (κ2) is 3.94. The highest BCUT2D eigenvalue weighted by atomic mass is 14.9. The molecule has 2 heteroatoms. The minimum Gasteiger partial charge on any atom is -0.319 e. The van der Waals surface area contributed by atoms with Gasteiger partial charge in [0.15, 0.2) is 0 Å². The summed E-state index contributed by atoms with van der Waals surface area (Å²) in [4.78, 5) is 0. The number of hydrogen-bond donors (Lipinski definition) is 2. The molecule has 1 saturated carbocycles. The van der Waals surface area contributed by atoms with E-state index in [0.29, 0.717) is 0 Å². The minimum absolute atomic E-state index is 0.942. The Morgan fingerprint density at radius 1 is 1.00 bits per heavy atom. The fourth-order valence-electron chi connectivity index (χ4n) is 1.70. The molecular weight excluding hydrogens is 124 g/mol. The first-order valence-electron chi connectivity index (χ1n) is 4.17. The standard InChI is InChI=1S/C8H18N2/c1-9-5-7-3-4-8(7)6-10-2/h7-10H,3-6H2,1-2H3/t7-,8-/m1/s1. The van der Waals surface area contributed by atoms with Crippen LogP contribution in [0, 0.1) is 11.8 Å². The van der Waals surface area contributed by atoms with E-state index in [1.807, 2.05) is 14.1 Å². The van der Waals surface area contributed by atoms with Gasteiger partial charge in [-0.05, 0) is 51.9 Å². The van der Waals surface area contributed by atoms with E-state index in [1.165, 1.54) is 25.9 Å². The van der Waals surface area contributed by atoms with Crippen molar-refractivity contribution in [2.24, 2.45) is 11.8 Å². The van der Waals surface area contributed by atoms with E-state index in [2.05, 4.69) is 10.6 Å². The molecule has 2 atom stereocenters. The van der Waals surface area contributed by atoms with E-state index < -0.39 is 0 Å². The molecule has 2 nitrogen and oxygen atoms in total. The van der Waals surface area contributed by atoms with Crippen molar-refractivity contribution in [2.45, 2.75) is 12.8 Å². The maximum atomic E-state index is 3.23. The van der Waals surface area contributed by atoms with Crippen LogP contribution in [0.3, 0.4) is 0 Å². The van der Waals surface area contributed by atoms with E-state index >= 15 is 0 Å². The summed E-state index contributed by atoms with van der Waals surface area (Å²) >= 11 is 0. The van der Waals surface area contributed by atoms with Gasteiger partial charge in [0.2, 0.25) is 0 Å². The van der Waals surface area contributed by atoms with Crippen molar-refractivity contribution >= 4 is 0 Å². The third-order valence-electron chi connectivity index (χ3n) is 2.51. The van der Waals surface area contributed by atoms with Crippen molar-refractivity contribution in [2.75, 3.05) is 27.2 Å². The van der Waals surface area contributed by atoms with Gasteiger partial charge in [0, 0.05) is 0 Å². The summed E-state index contributed by atoms with van der Waals surface area (Å²) in [5.41, 5.74) is 0. The molecule has 0 aliphatic heterocycles. The summed E-state index contributed by atoms with van der Waals surface area (Å²) in [7, 11) is 4.07. The molecule has 60 valence electrons. The van der Waals surface area contributed by atoms with Crippen molar-refractivity contribution in [3.05, 3.63) is 0 Å². The molecule has 0 aromatic rings. The fourth-order valence-corrected chi connectivity index (χ4v) is 1.70. The van der Waals surface area contributed by atoms with Crippen molar-refractivity contribution in [1.82, 2.24) is 10.6 Å². The van der Waals surface area contributed by atoms with Crippen LogP contribution in [0.1, 0.15) is 12.8 Å². The Morgan fingerprint density at radius 3 is 1.60 bits per heavy atom. The number of hydrogen-bond acceptors (Lipinski definition) is 2. The first kappa shape index (κ1) is 8.02. The van der Waals surface area contributed by atoms with Crippen LogP contribution in [0.15, 0.2) is 0 Å². The molecule has 0 amide bonds. The third kappa shape index (κ3) is 1.70. The summed E-state index contributed by atoms with van der Waals surface area (Å²) < 4.78 is 0. The summed E-state index contributed by atoms with van der Waals surface area (Å²) in [6, 6.07) is 0. The molecule has 1 aliphatic carbocycles. The van der Waals surface area contributed by atoms with Crippen molar-refractivity contribution < 1.29 is 0 Å². The Morgan fingerprint density at radius 2 is 1.40 bits per heavy atom. The monoisotopic (exact) mass is 142 g/mol. The van der Waals surface area contributed by atoms with Gasteiger partial charge >= 0.3 is 0 Å². The predicted octanol–water partition coefficient (Wildman–Crippen LogP) is 0.451. The van der Waals surface area contributed by atoms with Crippen LogP contribution in [-0.2, 0) is 0 Å². The van der Waals surface area contributed by atoms with Gasteiger partial charge < -0.3 is 10.6 Å². The van der Waals surface area contributed by atoms with Crippen LogP contribution in [0.5, 0.6) is 0 Å². The molecule has 0 spiro atoms. The fraction of sp³-hybridized carbons (Fsp3) is 1.00. The van der Waals surface area contributed by atoms with Crippen LogP contribution in [0.4, 0.5) is 0 Å². The highest BCUT2D eigenvalue weighted by Crippen LogP contribution is 2.32. The van der Waals surface area contributed by atoms with Crippen molar-refractivity contribution in [1.29, 1.82) is 0 Å². The zero-order chi connectivity index (χ0) is 7.40. The van der Waals surface area contributed by atoms with Gasteiger partial charge in [0.05, 0.1) is 0 Å². The summed E-state index contributed by atoms with van der Waals surface area (Å²) in [6.07, 6.45) is 2.85. The molecule has 1 aliphatic rings. The Kier molecular flexibility index (Phi) is 3.16. The first-order valence-corrected chi connectivity index (χ1v) is 4.17. The topological polar surface area (TPSA) is 24.1 Å². The average molecular weight is 142 g/mol. The smallest absolute Gasteiger partial charge is 0.00204 e. The average Bonchev–Trinajstić information content (AvgIpc) is 1.93. The minimum atomic E-state index is 0.942. The van der Waals surface area contributed by atoms with E-state index in [-0.39, 0.29) is 0 Å². The van der Waals surface area contributed by atoms with Gasteiger partial charge in [-0.1, -0.05) is 0 Å². The Bertz CT molecular complexity index is 81.3. The van der Waals surface area contributed by atoms with Crippen molar-refractivity contribution in [3.8, 4) is 0 Å². The lowest BCUT2D eigenvalue weighted by molar-refractivity contribution is 0.173. The number of rotatable bonds is 4. The molecule has 0 aromatic carbocycles. The van der Waals surface area contributed by atoms with E-state index in [4.69, 9.17) is 0 Å². The lowest BCUT2D eigenvalue weighted by Gasteiger charge is -2.36. The van der Waals surface area contributed by atoms with Crippen LogP contribution < -0.4 is 10.6 Å². The van der Waals surface area contributed by atoms with Gasteiger partial charge in [0.25, 0.3) is 0 Å². The molecule has 2 N–H and O–H groups in total. The van der Waals surface area contributed by atoms with Gasteiger partial charge in [0.1, 0.15) is 0 Å². The lowest BCUT2D eigenvalue weighted by atomic mass is 9.73. The molecule has 0 aromatic heterocycles. The molecule has 0 heterocycles. The molecule has 0 saturated heterocycles. The predicted molar refractivity (Wildman–Crippen MR) is 44.1 cm³/mol. The molecule has 0 bridgehead atoms. The van der Waals surface area contributed by atoms with Crippen LogP contribution >= 0.6 is 0 Å². The van der Waals surface area contributed by atoms with Gasteiger partial charge in [-0.25, -0.2) is 0 Å². The number of nitrogens with one attached hydrogen (secondary N) is 2. The zero-order valence-electron chi connectivity index (χ0n) is 6.98. The van der Waals surface area contributed by atoms with Crippen LogP contribution in [0.25, 0.3) is 0 Å². The maximum Gasteiger partial charge on any atom is -0.00204 e. The van der Waals surface area contributed by atoms with Crippen LogP contribution in [-0.4, -0.2) is 27.2 Å². The summed E-state index contributed by atoms with van der Waals surface area (Å²) in [5, 5.41) is 6.46. The van der Waals surface area contributed by atoms with Gasteiger partial charge in [-0.3, -0.25) is 0 Å². The Balaban J connectivity index is 2.09. The summed E-state index contributed by atoms with van der Waals surface area (Å²) in [5.74, 6) is 1.88. The molecule has 10 heavy (non-hydrogen) atoms. The lowest BCUT2D eigenvalue weighted by Crippen LogP contribution is -2.39. The Labute approximate surface area is 63.4 Å². The van der Waals surface area contributed by atoms with Crippen molar-refractivity contribution in [3.63, 3.8) is 0 Å².